The van der Waals surface area contributed by atoms with Crippen LogP contribution in [0.1, 0.15) is 28.4 Å². The van der Waals surface area contributed by atoms with Crippen LogP contribution in [0.3, 0.4) is 0 Å². The standard InChI is InChI=1S/C19H20N2O2/c20-11-12-21-19(22)23-18-13-16-7-2-1-5-14(16)9-10-15-6-3-4-8-17(15)18/h1-10,18H,11-13,20H2,(H,21,22)/b10-9-. The number of rotatable bonds is 3. The number of nitrogens with two attached hydrogens (primary N) is 1. The van der Waals surface area contributed by atoms with Crippen molar-refractivity contribution in [3.63, 3.8) is 0 Å². The van der Waals surface area contributed by atoms with Crippen LogP contribution in [0.4, 0.5) is 4.79 Å². The van der Waals surface area contributed by atoms with Gasteiger partial charge in [-0.2, -0.15) is 0 Å². The lowest BCUT2D eigenvalue weighted by atomic mass is 9.91. The van der Waals surface area contributed by atoms with E-state index in [-0.39, 0.29) is 6.10 Å². The Balaban J connectivity index is 1.94. The van der Waals surface area contributed by atoms with E-state index in [0.717, 1.165) is 22.3 Å². The number of alkyl carbamates (subject to hydrolysis) is 1. The Hall–Kier alpha value is -2.59. The van der Waals surface area contributed by atoms with E-state index >= 15 is 0 Å². The average Bonchev–Trinajstić information content (AvgIpc) is 2.57. The minimum Gasteiger partial charge on any atom is -0.441 e. The number of fused-ring (bicyclic) bond motifs is 2. The first kappa shape index (κ1) is 15.3. The second kappa shape index (κ2) is 7.11. The minimum absolute atomic E-state index is 0.324. The van der Waals surface area contributed by atoms with Gasteiger partial charge in [0, 0.05) is 25.1 Å². The summed E-state index contributed by atoms with van der Waals surface area (Å²) < 4.78 is 5.67. The zero-order chi connectivity index (χ0) is 16.1. The number of benzene rings is 2. The first-order valence-corrected chi connectivity index (χ1v) is 7.77. The van der Waals surface area contributed by atoms with Gasteiger partial charge in [-0.05, 0) is 16.7 Å². The third-order valence-corrected chi connectivity index (χ3v) is 3.91. The van der Waals surface area contributed by atoms with Crippen LogP contribution in [0.5, 0.6) is 0 Å². The molecule has 1 aliphatic carbocycles. The Morgan fingerprint density at radius 3 is 2.61 bits per heavy atom. The van der Waals surface area contributed by atoms with E-state index in [1.807, 2.05) is 36.4 Å². The maximum atomic E-state index is 12.0. The second-order valence-electron chi connectivity index (χ2n) is 5.47. The lowest BCUT2D eigenvalue weighted by Crippen LogP contribution is -2.31. The summed E-state index contributed by atoms with van der Waals surface area (Å²) >= 11 is 0. The van der Waals surface area contributed by atoms with Crippen molar-refractivity contribution in [3.8, 4) is 0 Å². The van der Waals surface area contributed by atoms with Crippen molar-refractivity contribution in [2.45, 2.75) is 12.5 Å². The van der Waals surface area contributed by atoms with Crippen LogP contribution < -0.4 is 11.1 Å². The molecule has 1 atom stereocenters. The van der Waals surface area contributed by atoms with Gasteiger partial charge in [0.25, 0.3) is 0 Å². The molecule has 0 heterocycles. The third kappa shape index (κ3) is 3.60. The topological polar surface area (TPSA) is 64.3 Å². The van der Waals surface area contributed by atoms with Gasteiger partial charge in [0.05, 0.1) is 0 Å². The highest BCUT2D eigenvalue weighted by Crippen LogP contribution is 2.31. The van der Waals surface area contributed by atoms with Gasteiger partial charge in [-0.15, -0.1) is 0 Å². The fourth-order valence-corrected chi connectivity index (χ4v) is 2.78. The maximum absolute atomic E-state index is 12.0. The molecule has 0 aliphatic heterocycles. The summed E-state index contributed by atoms with van der Waals surface area (Å²) in [6.45, 7) is 0.797. The summed E-state index contributed by atoms with van der Waals surface area (Å²) in [6.07, 6.45) is 4.07. The van der Waals surface area contributed by atoms with Crippen LogP contribution in [-0.4, -0.2) is 19.2 Å². The summed E-state index contributed by atoms with van der Waals surface area (Å²) in [7, 11) is 0. The second-order valence-corrected chi connectivity index (χ2v) is 5.47. The number of amides is 1. The Morgan fingerprint density at radius 1 is 1.09 bits per heavy atom. The molecule has 0 saturated heterocycles. The first-order chi connectivity index (χ1) is 11.3. The molecule has 0 saturated carbocycles. The van der Waals surface area contributed by atoms with Gasteiger partial charge >= 0.3 is 6.09 Å². The molecule has 1 aliphatic rings. The molecule has 0 radical (unpaired) electrons. The SMILES string of the molecule is NCCNC(=O)OC1Cc2ccccc2/C=C\c2ccccc21. The first-order valence-electron chi connectivity index (χ1n) is 7.77. The van der Waals surface area contributed by atoms with E-state index in [1.165, 1.54) is 0 Å². The van der Waals surface area contributed by atoms with Crippen LogP contribution in [0.25, 0.3) is 12.2 Å². The smallest absolute Gasteiger partial charge is 0.407 e. The molecule has 0 bridgehead atoms. The van der Waals surface area contributed by atoms with Crippen molar-refractivity contribution in [1.82, 2.24) is 5.32 Å². The molecule has 0 aromatic heterocycles. The highest BCUT2D eigenvalue weighted by atomic mass is 16.6. The van der Waals surface area contributed by atoms with E-state index in [1.54, 1.807) is 0 Å². The van der Waals surface area contributed by atoms with Gasteiger partial charge in [-0.1, -0.05) is 60.7 Å². The fraction of sp³-hybridized carbons (Fsp3) is 0.211. The molecule has 0 fully saturated rings. The molecule has 4 nitrogen and oxygen atoms in total. The lowest BCUT2D eigenvalue weighted by molar-refractivity contribution is 0.0976. The summed E-state index contributed by atoms with van der Waals surface area (Å²) in [6, 6.07) is 16.2. The van der Waals surface area contributed by atoms with Crippen LogP contribution in [-0.2, 0) is 11.2 Å². The zero-order valence-electron chi connectivity index (χ0n) is 12.9. The predicted molar refractivity (Wildman–Crippen MR) is 91.8 cm³/mol. The number of hydrogen-bond acceptors (Lipinski definition) is 3. The molecule has 2 aromatic rings. The molecule has 4 heteroatoms. The summed E-state index contributed by atoms with van der Waals surface area (Å²) in [5.74, 6) is 0. The predicted octanol–water partition coefficient (Wildman–Crippen LogP) is 3.14. The van der Waals surface area contributed by atoms with Crippen molar-refractivity contribution < 1.29 is 9.53 Å². The van der Waals surface area contributed by atoms with Gasteiger partial charge in [0.1, 0.15) is 6.10 Å². The number of nitrogens with one attached hydrogen (secondary N) is 1. The Labute approximate surface area is 136 Å². The monoisotopic (exact) mass is 308 g/mol. The maximum Gasteiger partial charge on any atom is 0.407 e. The molecular weight excluding hydrogens is 288 g/mol. The lowest BCUT2D eigenvalue weighted by Gasteiger charge is -2.23. The van der Waals surface area contributed by atoms with Gasteiger partial charge in [-0.3, -0.25) is 0 Å². The molecule has 3 rings (SSSR count). The molecule has 1 unspecified atom stereocenters. The van der Waals surface area contributed by atoms with Crippen LogP contribution >= 0.6 is 0 Å². The van der Waals surface area contributed by atoms with Crippen molar-refractivity contribution in [1.29, 1.82) is 0 Å². The normalized spacial score (nSPS) is 17.2. The van der Waals surface area contributed by atoms with E-state index < -0.39 is 6.09 Å². The number of carbonyl (C=O) groups is 1. The van der Waals surface area contributed by atoms with Gasteiger partial charge in [0.2, 0.25) is 0 Å². The van der Waals surface area contributed by atoms with Crippen molar-refractivity contribution in [2.24, 2.45) is 5.73 Å². The number of hydrogen-bond donors (Lipinski definition) is 2. The van der Waals surface area contributed by atoms with E-state index in [0.29, 0.717) is 19.5 Å². The molecular formula is C19H20N2O2. The molecule has 118 valence electrons. The fourth-order valence-electron chi connectivity index (χ4n) is 2.78. The van der Waals surface area contributed by atoms with Crippen molar-refractivity contribution in [3.05, 3.63) is 70.8 Å². The van der Waals surface area contributed by atoms with Crippen molar-refractivity contribution >= 4 is 18.2 Å². The Bertz CT molecular complexity index is 725. The molecule has 0 spiro atoms. The van der Waals surface area contributed by atoms with Crippen molar-refractivity contribution in [2.75, 3.05) is 13.1 Å². The van der Waals surface area contributed by atoms with E-state index in [9.17, 15) is 4.79 Å². The summed E-state index contributed by atoms with van der Waals surface area (Å²) in [4.78, 5) is 12.0. The minimum atomic E-state index is -0.433. The third-order valence-electron chi connectivity index (χ3n) is 3.91. The zero-order valence-corrected chi connectivity index (χ0v) is 12.9. The molecule has 3 N–H and O–H groups in total. The van der Waals surface area contributed by atoms with Gasteiger partial charge < -0.3 is 15.8 Å². The Kier molecular flexibility index (Phi) is 4.74. The number of carbonyl (C=O) groups excluding carboxylic acids is 1. The van der Waals surface area contributed by atoms with Crippen LogP contribution in [0, 0.1) is 0 Å². The highest BCUT2D eigenvalue weighted by Gasteiger charge is 2.21. The quantitative estimate of drug-likeness (QED) is 0.915. The molecule has 1 amide bonds. The summed E-state index contributed by atoms with van der Waals surface area (Å²) in [5, 5.41) is 2.67. The van der Waals surface area contributed by atoms with Crippen LogP contribution in [0.15, 0.2) is 48.5 Å². The van der Waals surface area contributed by atoms with E-state index in [4.69, 9.17) is 10.5 Å². The van der Waals surface area contributed by atoms with E-state index in [2.05, 4.69) is 29.6 Å². The van der Waals surface area contributed by atoms with Gasteiger partial charge in [-0.25, -0.2) is 4.79 Å². The van der Waals surface area contributed by atoms with Gasteiger partial charge in [0.15, 0.2) is 0 Å². The highest BCUT2D eigenvalue weighted by molar-refractivity contribution is 5.74. The summed E-state index contributed by atoms with van der Waals surface area (Å²) in [5.41, 5.74) is 9.81. The average molecular weight is 308 g/mol. The number of ether oxygens (including phenoxy) is 1. The largest absolute Gasteiger partial charge is 0.441 e. The molecule has 23 heavy (non-hydrogen) atoms. The Morgan fingerprint density at radius 2 is 1.78 bits per heavy atom. The molecule has 2 aromatic carbocycles. The van der Waals surface area contributed by atoms with Crippen LogP contribution in [0.2, 0.25) is 0 Å².